The van der Waals surface area contributed by atoms with Gasteiger partial charge in [-0.3, -0.25) is 9.67 Å². The predicted octanol–water partition coefficient (Wildman–Crippen LogP) is 6.37. The number of pyridine rings is 1. The summed E-state index contributed by atoms with van der Waals surface area (Å²) in [4.78, 5) is 4.93. The molecule has 4 heterocycles. The summed E-state index contributed by atoms with van der Waals surface area (Å²) in [5.74, 6) is 0.570. The molecule has 2 aromatic carbocycles. The van der Waals surface area contributed by atoms with Crippen LogP contribution in [0.1, 0.15) is 49.8 Å². The van der Waals surface area contributed by atoms with Gasteiger partial charge in [0.05, 0.1) is 41.5 Å². The summed E-state index contributed by atoms with van der Waals surface area (Å²) in [5, 5.41) is 16.6. The fraction of sp³-hybridized carbons (Fsp3) is 0.394. The first-order chi connectivity index (χ1) is 19.9. The van der Waals surface area contributed by atoms with Crippen LogP contribution in [0.25, 0.3) is 33.2 Å². The van der Waals surface area contributed by atoms with Gasteiger partial charge in [0.25, 0.3) is 0 Å². The van der Waals surface area contributed by atoms with E-state index in [0.29, 0.717) is 30.0 Å². The standard InChI is InChI=1S/C33H35FN4O3/c1-33(39,23-9-10-23)25-12-11-24-29-26(17-22(18-35-29)31-27(40-3)19-36-37(31)2)38(32(24)28(25)34)30(20-7-5-4-6-8-20)21-13-15-41-16-14-21/h4-8,11-12,17-19,21,23,30,39H,9-10,13-16H2,1-3H3/t30-,33?/m1/s1. The molecule has 1 aliphatic carbocycles. The molecular formula is C33H35FN4O3. The number of nitrogens with zero attached hydrogens (tertiary/aromatic N) is 4. The van der Waals surface area contributed by atoms with E-state index in [1.165, 1.54) is 0 Å². The molecule has 7 rings (SSSR count). The Morgan fingerprint density at radius 3 is 2.54 bits per heavy atom. The van der Waals surface area contributed by atoms with Crippen molar-refractivity contribution in [2.24, 2.45) is 18.9 Å². The molecule has 1 saturated carbocycles. The summed E-state index contributed by atoms with van der Waals surface area (Å²) in [6.45, 7) is 3.09. The van der Waals surface area contributed by atoms with Gasteiger partial charge in [-0.05, 0) is 56.1 Å². The van der Waals surface area contributed by atoms with Gasteiger partial charge in [-0.2, -0.15) is 5.10 Å². The number of ether oxygens (including phenoxy) is 2. The van der Waals surface area contributed by atoms with E-state index in [2.05, 4.69) is 27.9 Å². The Bertz CT molecular complexity index is 1730. The zero-order valence-electron chi connectivity index (χ0n) is 23.7. The quantitative estimate of drug-likeness (QED) is 0.253. The molecule has 1 N–H and O–H groups in total. The molecule has 0 bridgehead atoms. The number of aryl methyl sites for hydroxylation is 1. The molecule has 0 radical (unpaired) electrons. The second-order valence-corrected chi connectivity index (χ2v) is 11.7. The minimum atomic E-state index is -1.23. The zero-order chi connectivity index (χ0) is 28.3. The summed E-state index contributed by atoms with van der Waals surface area (Å²) in [6, 6.07) is 16.0. The van der Waals surface area contributed by atoms with Crippen LogP contribution in [0, 0.1) is 17.7 Å². The fourth-order valence-electron chi connectivity index (χ4n) is 6.84. The maximum absolute atomic E-state index is 17.0. The van der Waals surface area contributed by atoms with Crippen LogP contribution >= 0.6 is 0 Å². The van der Waals surface area contributed by atoms with Gasteiger partial charge in [0.15, 0.2) is 11.6 Å². The van der Waals surface area contributed by atoms with Crippen molar-refractivity contribution in [3.63, 3.8) is 0 Å². The van der Waals surface area contributed by atoms with Crippen LogP contribution in [0.4, 0.5) is 4.39 Å². The third-order valence-corrected chi connectivity index (χ3v) is 9.19. The summed E-state index contributed by atoms with van der Waals surface area (Å²) in [5.41, 5.74) is 3.92. The molecule has 2 aliphatic rings. The lowest BCUT2D eigenvalue weighted by Crippen LogP contribution is -2.28. The lowest BCUT2D eigenvalue weighted by Gasteiger charge is -2.33. The highest BCUT2D eigenvalue weighted by Gasteiger charge is 2.44. The third kappa shape index (κ3) is 4.23. The van der Waals surface area contributed by atoms with Crippen LogP contribution in [0.3, 0.4) is 0 Å². The Hall–Kier alpha value is -3.75. The Labute approximate surface area is 238 Å². The minimum Gasteiger partial charge on any atom is -0.493 e. The van der Waals surface area contributed by atoms with Gasteiger partial charge in [-0.25, -0.2) is 4.39 Å². The molecular weight excluding hydrogens is 519 g/mol. The van der Waals surface area contributed by atoms with E-state index >= 15 is 4.39 Å². The van der Waals surface area contributed by atoms with E-state index in [-0.39, 0.29) is 23.7 Å². The number of benzene rings is 2. The maximum Gasteiger partial charge on any atom is 0.164 e. The average molecular weight is 555 g/mol. The SMILES string of the molecule is COc1cnn(C)c1-c1cnc2c3ccc(C(C)(O)C4CC4)c(F)c3n([C@H](c3ccccc3)C3CCOCC3)c2c1. The zero-order valence-corrected chi connectivity index (χ0v) is 23.7. The molecule has 0 amide bonds. The number of hydrogen-bond donors (Lipinski definition) is 1. The Kier molecular flexibility index (Phi) is 6.36. The highest BCUT2D eigenvalue weighted by atomic mass is 19.1. The first kappa shape index (κ1) is 26.2. The molecule has 2 fully saturated rings. The fourth-order valence-corrected chi connectivity index (χ4v) is 6.84. The number of aliphatic hydroxyl groups is 1. The highest BCUT2D eigenvalue weighted by Crippen LogP contribution is 2.49. The van der Waals surface area contributed by atoms with Gasteiger partial charge in [-0.15, -0.1) is 0 Å². The summed E-state index contributed by atoms with van der Waals surface area (Å²) < 4.78 is 32.3. The van der Waals surface area contributed by atoms with Crippen molar-refractivity contribution in [3.05, 3.63) is 77.9 Å². The summed E-state index contributed by atoms with van der Waals surface area (Å²) in [7, 11) is 3.50. The van der Waals surface area contributed by atoms with Crippen molar-refractivity contribution < 1.29 is 19.0 Å². The van der Waals surface area contributed by atoms with E-state index in [9.17, 15) is 5.11 Å². The Balaban J connectivity index is 1.56. The first-order valence-corrected chi connectivity index (χ1v) is 14.4. The lowest BCUT2D eigenvalue weighted by molar-refractivity contribution is 0.0297. The van der Waals surface area contributed by atoms with Crippen molar-refractivity contribution in [2.75, 3.05) is 20.3 Å². The highest BCUT2D eigenvalue weighted by molar-refractivity contribution is 6.07. The number of halogens is 1. The second kappa shape index (κ2) is 9.96. The van der Waals surface area contributed by atoms with E-state index in [0.717, 1.165) is 58.9 Å². The predicted molar refractivity (Wildman–Crippen MR) is 156 cm³/mol. The van der Waals surface area contributed by atoms with Crippen LogP contribution in [-0.2, 0) is 17.4 Å². The number of methoxy groups -OCH3 is 1. The molecule has 1 aliphatic heterocycles. The van der Waals surface area contributed by atoms with Crippen molar-refractivity contribution in [3.8, 4) is 17.0 Å². The maximum atomic E-state index is 17.0. The minimum absolute atomic E-state index is 0.0646. The van der Waals surface area contributed by atoms with Crippen LogP contribution in [0.5, 0.6) is 5.75 Å². The smallest absolute Gasteiger partial charge is 0.164 e. The van der Waals surface area contributed by atoms with E-state index in [1.807, 2.05) is 37.5 Å². The second-order valence-electron chi connectivity index (χ2n) is 11.7. The van der Waals surface area contributed by atoms with Gasteiger partial charge in [0.2, 0.25) is 0 Å². The topological polar surface area (TPSA) is 74.3 Å². The number of hydrogen-bond acceptors (Lipinski definition) is 5. The largest absolute Gasteiger partial charge is 0.493 e. The van der Waals surface area contributed by atoms with Crippen LogP contribution in [0.2, 0.25) is 0 Å². The molecule has 212 valence electrons. The molecule has 3 aromatic heterocycles. The van der Waals surface area contributed by atoms with Gasteiger partial charge >= 0.3 is 0 Å². The molecule has 8 heteroatoms. The Morgan fingerprint density at radius 2 is 1.83 bits per heavy atom. The Morgan fingerprint density at radius 1 is 1.07 bits per heavy atom. The average Bonchev–Trinajstić information content (AvgIpc) is 3.73. The van der Waals surface area contributed by atoms with E-state index in [1.54, 1.807) is 31.0 Å². The van der Waals surface area contributed by atoms with Gasteiger partial charge in [0.1, 0.15) is 5.69 Å². The normalized spacial score (nSPS) is 18.6. The van der Waals surface area contributed by atoms with Crippen molar-refractivity contribution >= 4 is 21.9 Å². The van der Waals surface area contributed by atoms with Crippen molar-refractivity contribution in [1.82, 2.24) is 19.3 Å². The molecule has 2 atom stereocenters. The third-order valence-electron chi connectivity index (χ3n) is 9.19. The van der Waals surface area contributed by atoms with Gasteiger partial charge in [0, 0.05) is 43.0 Å². The van der Waals surface area contributed by atoms with Crippen molar-refractivity contribution in [2.45, 2.75) is 44.2 Å². The van der Waals surface area contributed by atoms with Gasteiger partial charge < -0.3 is 19.1 Å². The first-order valence-electron chi connectivity index (χ1n) is 14.4. The summed E-state index contributed by atoms with van der Waals surface area (Å²) >= 11 is 0. The number of aromatic nitrogens is 4. The monoisotopic (exact) mass is 554 g/mol. The van der Waals surface area contributed by atoms with Crippen molar-refractivity contribution in [1.29, 1.82) is 0 Å². The van der Waals surface area contributed by atoms with Crippen LogP contribution < -0.4 is 4.74 Å². The van der Waals surface area contributed by atoms with E-state index in [4.69, 9.17) is 14.5 Å². The molecule has 1 unspecified atom stereocenters. The van der Waals surface area contributed by atoms with E-state index < -0.39 is 5.60 Å². The molecule has 5 aromatic rings. The number of rotatable bonds is 7. The van der Waals surface area contributed by atoms with Crippen LogP contribution in [-0.4, -0.2) is 44.8 Å². The van der Waals surface area contributed by atoms with Crippen LogP contribution in [0.15, 0.2) is 60.9 Å². The number of fused-ring (bicyclic) bond motifs is 3. The summed E-state index contributed by atoms with van der Waals surface area (Å²) in [6.07, 6.45) is 7.04. The molecule has 7 nitrogen and oxygen atoms in total. The lowest BCUT2D eigenvalue weighted by atomic mass is 9.86. The molecule has 0 spiro atoms. The van der Waals surface area contributed by atoms with Gasteiger partial charge in [-0.1, -0.05) is 42.5 Å². The molecule has 41 heavy (non-hydrogen) atoms. The molecule has 1 saturated heterocycles.